The van der Waals surface area contributed by atoms with Crippen LogP contribution in [0.2, 0.25) is 0 Å². The first kappa shape index (κ1) is 23.5. The highest BCUT2D eigenvalue weighted by atomic mass is 19.1. The van der Waals surface area contributed by atoms with Crippen molar-refractivity contribution in [1.29, 1.82) is 0 Å². The Morgan fingerprint density at radius 3 is 2.26 bits per heavy atom. The average molecular weight is 461 g/mol. The first-order chi connectivity index (χ1) is 16.4. The normalized spacial score (nSPS) is 18.6. The van der Waals surface area contributed by atoms with Gasteiger partial charge in [0.2, 0.25) is 11.8 Å². The highest BCUT2D eigenvalue weighted by molar-refractivity contribution is 5.89. The van der Waals surface area contributed by atoms with Crippen LogP contribution in [0.3, 0.4) is 0 Å². The van der Waals surface area contributed by atoms with Gasteiger partial charge in [0.1, 0.15) is 18.5 Å². The fourth-order valence-electron chi connectivity index (χ4n) is 4.32. The van der Waals surface area contributed by atoms with Gasteiger partial charge in [-0.05, 0) is 28.2 Å². The van der Waals surface area contributed by atoms with Gasteiger partial charge in [0.05, 0.1) is 19.0 Å². The molecule has 0 radical (unpaired) electrons. The number of aromatic nitrogens is 2. The molecule has 1 saturated heterocycles. The maximum atomic E-state index is 14.4. The minimum Gasteiger partial charge on any atom is -0.343 e. The van der Waals surface area contributed by atoms with E-state index in [1.54, 1.807) is 12.4 Å². The van der Waals surface area contributed by atoms with Crippen LogP contribution in [0.25, 0.3) is 0 Å². The second-order valence-electron chi connectivity index (χ2n) is 8.99. The summed E-state index contributed by atoms with van der Waals surface area (Å²) in [5.41, 5.74) is 3.68. The van der Waals surface area contributed by atoms with E-state index in [1.165, 1.54) is 16.8 Å². The van der Waals surface area contributed by atoms with Gasteiger partial charge in [-0.2, -0.15) is 0 Å². The van der Waals surface area contributed by atoms with Gasteiger partial charge in [0.25, 0.3) is 0 Å². The molecule has 2 heterocycles. The molecule has 3 aromatic rings. The lowest BCUT2D eigenvalue weighted by atomic mass is 9.95. The number of carbonyl (C=O) groups is 2. The Hall–Kier alpha value is -3.61. The summed E-state index contributed by atoms with van der Waals surface area (Å²) < 4.78 is 14.4. The molecule has 3 unspecified atom stereocenters. The molecule has 1 N–H and O–H groups in total. The van der Waals surface area contributed by atoms with E-state index >= 15 is 0 Å². The molecule has 176 valence electrons. The second kappa shape index (κ2) is 10.5. The van der Waals surface area contributed by atoms with Crippen molar-refractivity contribution in [3.05, 3.63) is 95.6 Å². The summed E-state index contributed by atoms with van der Waals surface area (Å²) in [5.74, 6) is -0.277. The molecular formula is C27H29FN4O2. The molecule has 0 aliphatic carbocycles. The van der Waals surface area contributed by atoms with Crippen molar-refractivity contribution >= 4 is 11.8 Å². The van der Waals surface area contributed by atoms with E-state index in [4.69, 9.17) is 0 Å². The van der Waals surface area contributed by atoms with Crippen LogP contribution in [0, 0.1) is 0 Å². The summed E-state index contributed by atoms with van der Waals surface area (Å²) in [7, 11) is 0. The fraction of sp³-hybridized carbons (Fsp3) is 0.333. The zero-order chi connectivity index (χ0) is 24.1. The average Bonchev–Trinajstić information content (AvgIpc) is 3.25. The maximum Gasteiger partial charge on any atom is 0.243 e. The highest BCUT2D eigenvalue weighted by Gasteiger charge is 2.40. The Kier molecular flexibility index (Phi) is 7.30. The maximum absolute atomic E-state index is 14.4. The van der Waals surface area contributed by atoms with Crippen LogP contribution in [0.15, 0.2) is 73.3 Å². The topological polar surface area (TPSA) is 75.2 Å². The summed E-state index contributed by atoms with van der Waals surface area (Å²) >= 11 is 0. The van der Waals surface area contributed by atoms with Gasteiger partial charge in [0.15, 0.2) is 0 Å². The number of hydrogen-bond acceptors (Lipinski definition) is 4. The van der Waals surface area contributed by atoms with Crippen molar-refractivity contribution in [3.8, 4) is 0 Å². The number of hydrogen-bond donors (Lipinski definition) is 1. The van der Waals surface area contributed by atoms with Gasteiger partial charge in [-0.15, -0.1) is 0 Å². The van der Waals surface area contributed by atoms with Gasteiger partial charge in [0, 0.05) is 18.8 Å². The van der Waals surface area contributed by atoms with E-state index in [0.717, 1.165) is 11.1 Å². The standard InChI is InChI=1S/C27H29FN4O2/c1-18(2)20-8-10-22(11-9-20)26(21-6-4-3-5-7-21)31-27(34)24-13-23(28)16-32(24)25(33)12-19-14-29-17-30-15-19/h3-11,14-15,17-18,23-24,26H,12-13,16H2,1-2H3,(H,31,34). The van der Waals surface area contributed by atoms with Crippen molar-refractivity contribution in [2.45, 2.75) is 50.9 Å². The number of alkyl halides is 1. The molecule has 1 aliphatic heterocycles. The number of rotatable bonds is 7. The van der Waals surface area contributed by atoms with Crippen LogP contribution in [0.4, 0.5) is 4.39 Å². The minimum atomic E-state index is -1.24. The SMILES string of the molecule is CC(C)c1ccc(C(NC(=O)C2CC(F)CN2C(=O)Cc2cncnc2)c2ccccc2)cc1. The van der Waals surface area contributed by atoms with Crippen molar-refractivity contribution in [2.24, 2.45) is 0 Å². The van der Waals surface area contributed by atoms with E-state index < -0.39 is 18.3 Å². The first-order valence-electron chi connectivity index (χ1n) is 11.5. The third-order valence-corrected chi connectivity index (χ3v) is 6.20. The molecule has 6 nitrogen and oxygen atoms in total. The predicted molar refractivity (Wildman–Crippen MR) is 128 cm³/mol. The largest absolute Gasteiger partial charge is 0.343 e. The van der Waals surface area contributed by atoms with Crippen LogP contribution in [0.5, 0.6) is 0 Å². The Labute approximate surface area is 199 Å². The summed E-state index contributed by atoms with van der Waals surface area (Å²) in [4.78, 5) is 35.5. The van der Waals surface area contributed by atoms with Crippen molar-refractivity contribution < 1.29 is 14.0 Å². The van der Waals surface area contributed by atoms with Gasteiger partial charge >= 0.3 is 0 Å². The van der Waals surface area contributed by atoms with Crippen LogP contribution in [0.1, 0.15) is 54.5 Å². The molecule has 0 spiro atoms. The number of amides is 2. The second-order valence-corrected chi connectivity index (χ2v) is 8.99. The predicted octanol–water partition coefficient (Wildman–Crippen LogP) is 3.99. The minimum absolute atomic E-state index is 0.0172. The summed E-state index contributed by atoms with van der Waals surface area (Å²) in [6.07, 6.45) is 3.25. The highest BCUT2D eigenvalue weighted by Crippen LogP contribution is 2.27. The molecule has 0 saturated carbocycles. The summed E-state index contributed by atoms with van der Waals surface area (Å²) in [5, 5.41) is 3.09. The smallest absolute Gasteiger partial charge is 0.243 e. The van der Waals surface area contributed by atoms with Crippen LogP contribution >= 0.6 is 0 Å². The number of likely N-dealkylation sites (tertiary alicyclic amines) is 1. The Morgan fingerprint density at radius 1 is 1.00 bits per heavy atom. The molecule has 2 amide bonds. The number of benzene rings is 2. The first-order valence-corrected chi connectivity index (χ1v) is 11.5. The Morgan fingerprint density at radius 2 is 1.62 bits per heavy atom. The molecule has 1 fully saturated rings. The van der Waals surface area contributed by atoms with E-state index in [-0.39, 0.29) is 31.2 Å². The molecular weight excluding hydrogens is 431 g/mol. The quantitative estimate of drug-likeness (QED) is 0.579. The number of halogens is 1. The van der Waals surface area contributed by atoms with E-state index in [0.29, 0.717) is 11.5 Å². The lowest BCUT2D eigenvalue weighted by Gasteiger charge is -2.27. The molecule has 1 aliphatic rings. The van der Waals surface area contributed by atoms with Gasteiger partial charge in [-0.1, -0.05) is 68.4 Å². The molecule has 4 rings (SSSR count). The summed E-state index contributed by atoms with van der Waals surface area (Å²) in [6.45, 7) is 4.17. The monoisotopic (exact) mass is 460 g/mol. The van der Waals surface area contributed by atoms with Gasteiger partial charge in [-0.3, -0.25) is 9.59 Å². The summed E-state index contributed by atoms with van der Waals surface area (Å²) in [6, 6.07) is 16.5. The molecule has 3 atom stereocenters. The van der Waals surface area contributed by atoms with E-state index in [9.17, 15) is 14.0 Å². The van der Waals surface area contributed by atoms with E-state index in [1.807, 2.05) is 42.5 Å². The van der Waals surface area contributed by atoms with Gasteiger partial charge < -0.3 is 10.2 Å². The fourth-order valence-corrected chi connectivity index (χ4v) is 4.32. The molecule has 2 aromatic carbocycles. The lowest BCUT2D eigenvalue weighted by Crippen LogP contribution is -2.47. The lowest BCUT2D eigenvalue weighted by molar-refractivity contribution is -0.138. The van der Waals surface area contributed by atoms with Crippen molar-refractivity contribution in [1.82, 2.24) is 20.2 Å². The van der Waals surface area contributed by atoms with Gasteiger partial charge in [-0.25, -0.2) is 14.4 Å². The zero-order valence-corrected chi connectivity index (χ0v) is 19.4. The van der Waals surface area contributed by atoms with Crippen LogP contribution in [-0.2, 0) is 16.0 Å². The van der Waals surface area contributed by atoms with Crippen molar-refractivity contribution in [2.75, 3.05) is 6.54 Å². The molecule has 1 aromatic heterocycles. The Bertz CT molecular complexity index is 1110. The van der Waals surface area contributed by atoms with Crippen LogP contribution < -0.4 is 5.32 Å². The molecule has 34 heavy (non-hydrogen) atoms. The number of nitrogens with zero attached hydrogens (tertiary/aromatic N) is 3. The zero-order valence-electron chi connectivity index (χ0n) is 19.4. The van der Waals surface area contributed by atoms with Crippen LogP contribution in [-0.4, -0.2) is 45.4 Å². The molecule has 7 heteroatoms. The number of nitrogens with one attached hydrogen (secondary N) is 1. The third-order valence-electron chi connectivity index (χ3n) is 6.20. The van der Waals surface area contributed by atoms with E-state index in [2.05, 4.69) is 41.3 Å². The number of carbonyl (C=O) groups excluding carboxylic acids is 2. The molecule has 0 bridgehead atoms. The third kappa shape index (κ3) is 5.47. The Balaban J connectivity index is 1.55. The van der Waals surface area contributed by atoms with Crippen molar-refractivity contribution in [3.63, 3.8) is 0 Å².